The minimum atomic E-state index is -1.04. The number of methoxy groups -OCH3 is 1. The van der Waals surface area contributed by atoms with E-state index in [1.807, 2.05) is 13.8 Å². The highest BCUT2D eigenvalue weighted by molar-refractivity contribution is 9.10. The average Bonchev–Trinajstić information content (AvgIpc) is 2.42. The highest BCUT2D eigenvalue weighted by atomic mass is 79.9. The molecule has 21 heavy (non-hydrogen) atoms. The summed E-state index contributed by atoms with van der Waals surface area (Å²) in [5.74, 6) is -1.04. The summed E-state index contributed by atoms with van der Waals surface area (Å²) in [7, 11) is 1.58. The van der Waals surface area contributed by atoms with Crippen LogP contribution in [0.5, 0.6) is 0 Å². The maximum atomic E-state index is 12.3. The summed E-state index contributed by atoms with van der Waals surface area (Å²) < 4.78 is 5.67. The third-order valence-electron chi connectivity index (χ3n) is 3.00. The fraction of sp³-hybridized carbons (Fsp3) is 0.429. The number of hydrogen-bond donors (Lipinski definition) is 2. The number of benzene rings is 1. The zero-order valence-electron chi connectivity index (χ0n) is 12.2. The summed E-state index contributed by atoms with van der Waals surface area (Å²) in [6.07, 6.45) is 0. The molecule has 0 aromatic heterocycles. The molecule has 1 aromatic carbocycles. The van der Waals surface area contributed by atoms with Crippen LogP contribution in [0.15, 0.2) is 22.7 Å². The van der Waals surface area contributed by atoms with E-state index in [1.165, 1.54) is 12.1 Å². The molecular formula is C14H19BrN2O4. The minimum absolute atomic E-state index is 0.0820. The van der Waals surface area contributed by atoms with Gasteiger partial charge in [0.15, 0.2) is 0 Å². The number of urea groups is 1. The number of nitrogens with zero attached hydrogens (tertiary/aromatic N) is 1. The number of aromatic carboxylic acids is 1. The lowest BCUT2D eigenvalue weighted by Gasteiger charge is -2.27. The van der Waals surface area contributed by atoms with Gasteiger partial charge in [-0.1, -0.05) is 0 Å². The molecule has 1 atom stereocenters. The number of amides is 2. The summed E-state index contributed by atoms with van der Waals surface area (Å²) in [5, 5.41) is 11.7. The van der Waals surface area contributed by atoms with Crippen molar-refractivity contribution in [3.63, 3.8) is 0 Å². The van der Waals surface area contributed by atoms with Gasteiger partial charge in [0, 0.05) is 18.1 Å². The Morgan fingerprint density at radius 1 is 1.48 bits per heavy atom. The van der Waals surface area contributed by atoms with Crippen LogP contribution in [0.4, 0.5) is 10.5 Å². The van der Waals surface area contributed by atoms with E-state index >= 15 is 0 Å². The molecular weight excluding hydrogens is 340 g/mol. The van der Waals surface area contributed by atoms with Gasteiger partial charge in [-0.25, -0.2) is 9.59 Å². The number of halogens is 1. The Labute approximate surface area is 132 Å². The van der Waals surface area contributed by atoms with Crippen LogP contribution in [0.2, 0.25) is 0 Å². The maximum Gasteiger partial charge on any atom is 0.335 e. The maximum absolute atomic E-state index is 12.3. The van der Waals surface area contributed by atoms with Gasteiger partial charge in [0.05, 0.1) is 23.9 Å². The predicted octanol–water partition coefficient (Wildman–Crippen LogP) is 3.04. The third kappa shape index (κ3) is 4.71. The van der Waals surface area contributed by atoms with E-state index in [-0.39, 0.29) is 17.6 Å². The van der Waals surface area contributed by atoms with E-state index in [9.17, 15) is 9.59 Å². The molecule has 0 spiro atoms. The Morgan fingerprint density at radius 3 is 2.67 bits per heavy atom. The number of rotatable bonds is 6. The Balaban J connectivity index is 2.91. The highest BCUT2D eigenvalue weighted by Crippen LogP contribution is 2.24. The molecule has 0 fully saturated rings. The SMILES string of the molecule is CCN(C(=O)Nc1cc(C(=O)O)ccc1Br)C(C)COC. The van der Waals surface area contributed by atoms with Crippen molar-refractivity contribution in [2.75, 3.05) is 25.6 Å². The van der Waals surface area contributed by atoms with Gasteiger partial charge in [0.25, 0.3) is 0 Å². The lowest BCUT2D eigenvalue weighted by Crippen LogP contribution is -2.43. The van der Waals surface area contributed by atoms with Crippen LogP contribution in [0.3, 0.4) is 0 Å². The second-order valence-corrected chi connectivity index (χ2v) is 5.37. The number of anilines is 1. The van der Waals surface area contributed by atoms with Crippen molar-refractivity contribution >= 4 is 33.6 Å². The van der Waals surface area contributed by atoms with Gasteiger partial charge in [-0.2, -0.15) is 0 Å². The first-order valence-corrected chi connectivity index (χ1v) is 7.29. The van der Waals surface area contributed by atoms with Crippen molar-refractivity contribution in [1.29, 1.82) is 0 Å². The molecule has 1 aromatic rings. The molecule has 0 radical (unpaired) electrons. The molecule has 1 unspecified atom stereocenters. The molecule has 0 bridgehead atoms. The molecule has 6 nitrogen and oxygen atoms in total. The van der Waals surface area contributed by atoms with Gasteiger partial charge >= 0.3 is 12.0 Å². The standard InChI is InChI=1S/C14H19BrN2O4/c1-4-17(9(2)8-21-3)14(20)16-12-7-10(13(18)19)5-6-11(12)15/h5-7,9H,4,8H2,1-3H3,(H,16,20)(H,18,19). The van der Waals surface area contributed by atoms with Crippen molar-refractivity contribution in [3.05, 3.63) is 28.2 Å². The van der Waals surface area contributed by atoms with Crippen molar-refractivity contribution in [2.45, 2.75) is 19.9 Å². The largest absolute Gasteiger partial charge is 0.478 e. The molecule has 0 heterocycles. The van der Waals surface area contributed by atoms with Crippen LogP contribution >= 0.6 is 15.9 Å². The van der Waals surface area contributed by atoms with Gasteiger partial charge in [0.1, 0.15) is 0 Å². The van der Waals surface area contributed by atoms with Gasteiger partial charge < -0.3 is 20.1 Å². The van der Waals surface area contributed by atoms with E-state index in [2.05, 4.69) is 21.2 Å². The Morgan fingerprint density at radius 2 is 2.14 bits per heavy atom. The molecule has 0 aliphatic rings. The number of hydrogen-bond acceptors (Lipinski definition) is 3. The fourth-order valence-electron chi connectivity index (χ4n) is 1.93. The second-order valence-electron chi connectivity index (χ2n) is 4.52. The molecule has 116 valence electrons. The zero-order chi connectivity index (χ0) is 16.0. The quantitative estimate of drug-likeness (QED) is 0.818. The molecule has 0 aliphatic heterocycles. The monoisotopic (exact) mass is 358 g/mol. The van der Waals surface area contributed by atoms with Crippen LogP contribution in [0.1, 0.15) is 24.2 Å². The molecule has 0 aliphatic carbocycles. The fourth-order valence-corrected chi connectivity index (χ4v) is 2.27. The first-order valence-electron chi connectivity index (χ1n) is 6.50. The number of carboxylic acids is 1. The van der Waals surface area contributed by atoms with E-state index < -0.39 is 5.97 Å². The molecule has 1 rings (SSSR count). The van der Waals surface area contributed by atoms with Gasteiger partial charge in [-0.3, -0.25) is 0 Å². The van der Waals surface area contributed by atoms with Gasteiger partial charge in [-0.05, 0) is 48.0 Å². The first kappa shape index (κ1) is 17.5. The van der Waals surface area contributed by atoms with E-state index in [4.69, 9.17) is 9.84 Å². The average molecular weight is 359 g/mol. The van der Waals surface area contributed by atoms with Crippen LogP contribution in [0.25, 0.3) is 0 Å². The molecule has 0 saturated carbocycles. The second kappa shape index (κ2) is 7.99. The Kier molecular flexibility index (Phi) is 6.64. The molecule has 2 N–H and O–H groups in total. The van der Waals surface area contributed by atoms with Crippen LogP contribution < -0.4 is 5.32 Å². The number of carbonyl (C=O) groups is 2. The van der Waals surface area contributed by atoms with E-state index in [0.29, 0.717) is 23.3 Å². The summed E-state index contributed by atoms with van der Waals surface area (Å²) in [4.78, 5) is 24.9. The zero-order valence-corrected chi connectivity index (χ0v) is 13.8. The number of carboxylic acid groups (broad SMARTS) is 1. The summed E-state index contributed by atoms with van der Waals surface area (Å²) >= 11 is 3.30. The molecule has 7 heteroatoms. The number of carbonyl (C=O) groups excluding carboxylic acids is 1. The number of likely N-dealkylation sites (N-methyl/N-ethyl adjacent to an activating group) is 1. The van der Waals surface area contributed by atoms with Crippen molar-refractivity contribution < 1.29 is 19.4 Å². The third-order valence-corrected chi connectivity index (χ3v) is 3.69. The van der Waals surface area contributed by atoms with E-state index in [0.717, 1.165) is 0 Å². The van der Waals surface area contributed by atoms with Crippen molar-refractivity contribution in [2.24, 2.45) is 0 Å². The minimum Gasteiger partial charge on any atom is -0.478 e. The van der Waals surface area contributed by atoms with Gasteiger partial charge in [0.2, 0.25) is 0 Å². The van der Waals surface area contributed by atoms with Crippen LogP contribution in [-0.2, 0) is 4.74 Å². The number of ether oxygens (including phenoxy) is 1. The summed E-state index contributed by atoms with van der Waals surface area (Å²) in [6.45, 7) is 4.70. The topological polar surface area (TPSA) is 78.9 Å². The van der Waals surface area contributed by atoms with Crippen LogP contribution in [0, 0.1) is 0 Å². The lowest BCUT2D eigenvalue weighted by molar-refractivity contribution is 0.0697. The first-order chi connectivity index (χ1) is 9.90. The predicted molar refractivity (Wildman–Crippen MR) is 83.8 cm³/mol. The van der Waals surface area contributed by atoms with Crippen LogP contribution in [-0.4, -0.2) is 48.3 Å². The van der Waals surface area contributed by atoms with Gasteiger partial charge in [-0.15, -0.1) is 0 Å². The molecule has 2 amide bonds. The highest BCUT2D eigenvalue weighted by Gasteiger charge is 2.19. The number of nitrogens with one attached hydrogen (secondary N) is 1. The van der Waals surface area contributed by atoms with E-state index in [1.54, 1.807) is 18.1 Å². The van der Waals surface area contributed by atoms with Crippen molar-refractivity contribution in [3.8, 4) is 0 Å². The molecule has 0 saturated heterocycles. The Bertz CT molecular complexity index is 522. The Hall–Kier alpha value is -1.60. The normalized spacial score (nSPS) is 11.8. The summed E-state index contributed by atoms with van der Waals surface area (Å²) in [6, 6.07) is 4.09. The summed E-state index contributed by atoms with van der Waals surface area (Å²) in [5.41, 5.74) is 0.532. The van der Waals surface area contributed by atoms with Crippen molar-refractivity contribution in [1.82, 2.24) is 4.90 Å². The smallest absolute Gasteiger partial charge is 0.335 e. The lowest BCUT2D eigenvalue weighted by atomic mass is 10.2.